The van der Waals surface area contributed by atoms with Gasteiger partial charge in [0.15, 0.2) is 6.29 Å². The van der Waals surface area contributed by atoms with Gasteiger partial charge in [0.1, 0.15) is 0 Å². The lowest BCUT2D eigenvalue weighted by Gasteiger charge is -2.23. The van der Waals surface area contributed by atoms with Crippen LogP contribution < -0.4 is 0 Å². The van der Waals surface area contributed by atoms with Crippen LogP contribution in [0.1, 0.15) is 33.1 Å². The SMILES string of the molecule is CCOP(=O)(OCC)C(=O)CCC1OCCCO1. The lowest BCUT2D eigenvalue weighted by Crippen LogP contribution is -2.25. The molecule has 0 atom stereocenters. The van der Waals surface area contributed by atoms with Gasteiger partial charge in [-0.15, -0.1) is 0 Å². The Bertz CT molecular complexity index is 290. The van der Waals surface area contributed by atoms with E-state index < -0.39 is 13.1 Å². The summed E-state index contributed by atoms with van der Waals surface area (Å²) < 4.78 is 32.7. The molecule has 106 valence electrons. The zero-order valence-electron chi connectivity index (χ0n) is 10.9. The van der Waals surface area contributed by atoms with E-state index in [4.69, 9.17) is 18.5 Å². The van der Waals surface area contributed by atoms with E-state index in [2.05, 4.69) is 0 Å². The molecule has 0 aromatic rings. The summed E-state index contributed by atoms with van der Waals surface area (Å²) in [5.41, 5.74) is -0.510. The summed E-state index contributed by atoms with van der Waals surface area (Å²) in [7, 11) is -3.63. The number of hydrogen-bond acceptors (Lipinski definition) is 6. The van der Waals surface area contributed by atoms with Crippen molar-refractivity contribution in [3.63, 3.8) is 0 Å². The first kappa shape index (κ1) is 15.8. The molecule has 1 rings (SSSR count). The van der Waals surface area contributed by atoms with Gasteiger partial charge in [-0.05, 0) is 20.3 Å². The van der Waals surface area contributed by atoms with Crippen LogP contribution in [0.2, 0.25) is 0 Å². The Morgan fingerprint density at radius 1 is 1.22 bits per heavy atom. The quantitative estimate of drug-likeness (QED) is 0.635. The maximum absolute atomic E-state index is 12.1. The molecular weight excluding hydrogens is 259 g/mol. The van der Waals surface area contributed by atoms with E-state index in [1.165, 1.54) is 0 Å². The zero-order chi connectivity index (χ0) is 13.4. The van der Waals surface area contributed by atoms with Gasteiger partial charge in [0, 0.05) is 12.8 Å². The normalized spacial score (nSPS) is 17.9. The van der Waals surface area contributed by atoms with Crippen molar-refractivity contribution >= 4 is 13.1 Å². The van der Waals surface area contributed by atoms with E-state index >= 15 is 0 Å². The summed E-state index contributed by atoms with van der Waals surface area (Å²) in [6.45, 7) is 4.97. The number of rotatable bonds is 8. The predicted octanol–water partition coefficient (Wildman–Crippen LogP) is 2.32. The molecule has 18 heavy (non-hydrogen) atoms. The predicted molar refractivity (Wildman–Crippen MR) is 65.4 cm³/mol. The minimum Gasteiger partial charge on any atom is -0.353 e. The van der Waals surface area contributed by atoms with E-state index in [1.54, 1.807) is 13.8 Å². The summed E-state index contributed by atoms with van der Waals surface area (Å²) in [6.07, 6.45) is 0.922. The van der Waals surface area contributed by atoms with Crippen molar-refractivity contribution in [2.75, 3.05) is 26.4 Å². The molecule has 1 aliphatic heterocycles. The first-order valence-corrected chi connectivity index (χ1v) is 7.82. The molecule has 0 saturated carbocycles. The number of hydrogen-bond donors (Lipinski definition) is 0. The van der Waals surface area contributed by atoms with Crippen LogP contribution in [0.5, 0.6) is 0 Å². The molecule has 0 aromatic heterocycles. The van der Waals surface area contributed by atoms with Crippen molar-refractivity contribution in [2.24, 2.45) is 0 Å². The summed E-state index contributed by atoms with van der Waals surface area (Å²) in [4.78, 5) is 11.9. The average molecular weight is 280 g/mol. The molecule has 0 radical (unpaired) electrons. The van der Waals surface area contributed by atoms with Crippen molar-refractivity contribution in [1.29, 1.82) is 0 Å². The highest BCUT2D eigenvalue weighted by atomic mass is 31.2. The number of ether oxygens (including phenoxy) is 2. The van der Waals surface area contributed by atoms with Crippen LogP contribution in [0.15, 0.2) is 0 Å². The molecule has 1 saturated heterocycles. The monoisotopic (exact) mass is 280 g/mol. The molecular formula is C11H21O6P. The highest BCUT2D eigenvalue weighted by Crippen LogP contribution is 2.50. The Morgan fingerprint density at radius 2 is 1.78 bits per heavy atom. The lowest BCUT2D eigenvalue weighted by atomic mass is 10.3. The molecule has 6 nitrogen and oxygen atoms in total. The Kier molecular flexibility index (Phi) is 7.04. The minimum absolute atomic E-state index is 0.0714. The molecule has 1 aliphatic rings. The van der Waals surface area contributed by atoms with Gasteiger partial charge in [-0.25, -0.2) is 0 Å². The summed E-state index contributed by atoms with van der Waals surface area (Å²) in [5.74, 6) is 0. The van der Waals surface area contributed by atoms with Crippen LogP contribution >= 0.6 is 7.60 Å². The molecule has 0 unspecified atom stereocenters. The lowest BCUT2D eigenvalue weighted by molar-refractivity contribution is -0.181. The largest absolute Gasteiger partial charge is 0.396 e. The molecule has 0 N–H and O–H groups in total. The highest BCUT2D eigenvalue weighted by molar-refractivity contribution is 7.71. The van der Waals surface area contributed by atoms with Crippen LogP contribution in [0.25, 0.3) is 0 Å². The van der Waals surface area contributed by atoms with E-state index in [0.717, 1.165) is 6.42 Å². The first-order chi connectivity index (χ1) is 8.62. The topological polar surface area (TPSA) is 71.1 Å². The Hall–Kier alpha value is -0.260. The van der Waals surface area contributed by atoms with Gasteiger partial charge in [0.05, 0.1) is 26.4 Å². The fraction of sp³-hybridized carbons (Fsp3) is 0.909. The van der Waals surface area contributed by atoms with E-state index in [1.807, 2.05) is 0 Å². The van der Waals surface area contributed by atoms with Crippen LogP contribution in [0.4, 0.5) is 0 Å². The molecule has 7 heteroatoms. The van der Waals surface area contributed by atoms with Gasteiger partial charge in [0.25, 0.3) is 0 Å². The Labute approximate surface area is 107 Å². The van der Waals surface area contributed by atoms with Crippen LogP contribution in [0, 0.1) is 0 Å². The molecule has 0 spiro atoms. The Balaban J connectivity index is 2.43. The van der Waals surface area contributed by atoms with Crippen molar-refractivity contribution in [3.05, 3.63) is 0 Å². The van der Waals surface area contributed by atoms with Gasteiger partial charge in [-0.3, -0.25) is 9.36 Å². The first-order valence-electron chi connectivity index (χ1n) is 6.28. The van der Waals surface area contributed by atoms with E-state index in [0.29, 0.717) is 19.6 Å². The van der Waals surface area contributed by atoms with Crippen molar-refractivity contribution in [3.8, 4) is 0 Å². The molecule has 0 bridgehead atoms. The van der Waals surface area contributed by atoms with Gasteiger partial charge in [-0.1, -0.05) is 0 Å². The summed E-state index contributed by atoms with van der Waals surface area (Å²) >= 11 is 0. The maximum Gasteiger partial charge on any atom is 0.396 e. The van der Waals surface area contributed by atoms with Gasteiger partial charge in [-0.2, -0.15) is 0 Å². The molecule has 1 fully saturated rings. The third-order valence-electron chi connectivity index (χ3n) is 2.39. The summed E-state index contributed by atoms with van der Waals surface area (Å²) in [5, 5.41) is 0. The molecule has 0 amide bonds. The zero-order valence-corrected chi connectivity index (χ0v) is 11.8. The molecule has 0 aliphatic carbocycles. The van der Waals surface area contributed by atoms with Crippen LogP contribution in [0.3, 0.4) is 0 Å². The molecule has 1 heterocycles. The number of carbonyl (C=O) groups excluding carboxylic acids is 1. The third-order valence-corrected chi connectivity index (χ3v) is 4.42. The third kappa shape index (κ3) is 4.78. The maximum atomic E-state index is 12.1. The molecule has 0 aromatic carbocycles. The second-order valence-corrected chi connectivity index (χ2v) is 5.80. The van der Waals surface area contributed by atoms with Crippen LogP contribution in [-0.2, 0) is 27.9 Å². The average Bonchev–Trinajstić information content (AvgIpc) is 2.37. The fourth-order valence-corrected chi connectivity index (χ4v) is 3.05. The van der Waals surface area contributed by atoms with Crippen molar-refractivity contribution in [1.82, 2.24) is 0 Å². The van der Waals surface area contributed by atoms with Gasteiger partial charge in [0.2, 0.25) is 5.52 Å². The highest BCUT2D eigenvalue weighted by Gasteiger charge is 2.34. The van der Waals surface area contributed by atoms with Crippen molar-refractivity contribution in [2.45, 2.75) is 39.4 Å². The second-order valence-electron chi connectivity index (χ2n) is 3.79. The summed E-state index contributed by atoms with van der Waals surface area (Å²) in [6, 6.07) is 0. The van der Waals surface area contributed by atoms with E-state index in [9.17, 15) is 9.36 Å². The van der Waals surface area contributed by atoms with Gasteiger partial charge >= 0.3 is 7.60 Å². The van der Waals surface area contributed by atoms with Crippen LogP contribution in [-0.4, -0.2) is 38.2 Å². The Morgan fingerprint density at radius 3 is 2.28 bits per heavy atom. The van der Waals surface area contributed by atoms with Crippen molar-refractivity contribution < 1.29 is 27.9 Å². The number of carbonyl (C=O) groups is 1. The standard InChI is InChI=1S/C11H21O6P/c1-3-16-18(13,17-4-2)10(12)6-7-11-14-8-5-9-15-11/h11H,3-9H2,1-2H3. The van der Waals surface area contributed by atoms with Gasteiger partial charge < -0.3 is 18.5 Å². The smallest absolute Gasteiger partial charge is 0.353 e. The second kappa shape index (κ2) is 8.02. The fourth-order valence-electron chi connectivity index (χ4n) is 1.60. The van der Waals surface area contributed by atoms with E-state index in [-0.39, 0.29) is 25.9 Å². The minimum atomic E-state index is -3.63.